The van der Waals surface area contributed by atoms with Gasteiger partial charge in [-0.05, 0) is 49.1 Å². The number of rotatable bonds is 6. The Morgan fingerprint density at radius 2 is 1.96 bits per heavy atom. The molecule has 0 unspecified atom stereocenters. The summed E-state index contributed by atoms with van der Waals surface area (Å²) in [5.41, 5.74) is 1.14. The molecule has 0 radical (unpaired) electrons. The van der Waals surface area contributed by atoms with Gasteiger partial charge in [-0.15, -0.1) is 0 Å². The number of hydrogen-bond acceptors (Lipinski definition) is 4. The first-order valence-electron chi connectivity index (χ1n) is 8.00. The largest absolute Gasteiger partial charge is 0.370 e. The molecule has 0 bridgehead atoms. The molecule has 5 nitrogen and oxygen atoms in total. The van der Waals surface area contributed by atoms with E-state index < -0.39 is 10.0 Å². The van der Waals surface area contributed by atoms with Gasteiger partial charge in [0.2, 0.25) is 10.0 Å². The predicted molar refractivity (Wildman–Crippen MR) is 95.9 cm³/mol. The lowest BCUT2D eigenvalue weighted by atomic mass is 10.1. The molecular weight excluding hydrogens is 346 g/mol. The van der Waals surface area contributed by atoms with Crippen LogP contribution in [0, 0.1) is 0 Å². The van der Waals surface area contributed by atoms with Crippen molar-refractivity contribution in [2.45, 2.75) is 24.2 Å². The second-order valence-electron chi connectivity index (χ2n) is 5.80. The van der Waals surface area contributed by atoms with Gasteiger partial charge in [-0.25, -0.2) is 13.4 Å². The van der Waals surface area contributed by atoms with E-state index in [2.05, 4.69) is 10.3 Å². The summed E-state index contributed by atoms with van der Waals surface area (Å²) < 4.78 is 26.4. The van der Waals surface area contributed by atoms with Gasteiger partial charge >= 0.3 is 0 Å². The predicted octanol–water partition coefficient (Wildman–Crippen LogP) is 3.17. The Bertz CT molecular complexity index is 788. The second-order valence-corrected chi connectivity index (χ2v) is 8.17. The number of nitrogens with one attached hydrogen (secondary N) is 1. The van der Waals surface area contributed by atoms with Crippen molar-refractivity contribution in [2.75, 3.05) is 25.0 Å². The van der Waals surface area contributed by atoms with Gasteiger partial charge in [-0.2, -0.15) is 4.31 Å². The Kier molecular flexibility index (Phi) is 5.38. The van der Waals surface area contributed by atoms with Crippen molar-refractivity contribution in [1.82, 2.24) is 9.29 Å². The van der Waals surface area contributed by atoms with Crippen LogP contribution in [0.2, 0.25) is 5.02 Å². The molecule has 1 saturated heterocycles. The van der Waals surface area contributed by atoms with E-state index in [0.717, 1.165) is 29.8 Å². The third-order valence-electron chi connectivity index (χ3n) is 4.05. The molecule has 7 heteroatoms. The van der Waals surface area contributed by atoms with Crippen molar-refractivity contribution in [3.63, 3.8) is 0 Å². The molecule has 1 aliphatic heterocycles. The van der Waals surface area contributed by atoms with Gasteiger partial charge in [0.05, 0.1) is 0 Å². The monoisotopic (exact) mass is 365 g/mol. The molecule has 1 N–H and O–H groups in total. The van der Waals surface area contributed by atoms with Crippen molar-refractivity contribution in [3.05, 3.63) is 53.2 Å². The van der Waals surface area contributed by atoms with Crippen LogP contribution in [0.1, 0.15) is 18.4 Å². The van der Waals surface area contributed by atoms with Gasteiger partial charge in [-0.3, -0.25) is 0 Å². The van der Waals surface area contributed by atoms with E-state index in [1.807, 2.05) is 24.3 Å². The molecule has 128 valence electrons. The zero-order valence-electron chi connectivity index (χ0n) is 13.3. The molecule has 0 amide bonds. The summed E-state index contributed by atoms with van der Waals surface area (Å²) >= 11 is 5.96. The zero-order valence-corrected chi connectivity index (χ0v) is 14.9. The molecule has 1 fully saturated rings. The van der Waals surface area contributed by atoms with E-state index in [1.165, 1.54) is 10.5 Å². The molecule has 2 aromatic rings. The average molecular weight is 366 g/mol. The van der Waals surface area contributed by atoms with Crippen LogP contribution in [-0.2, 0) is 16.4 Å². The highest BCUT2D eigenvalue weighted by molar-refractivity contribution is 7.89. The van der Waals surface area contributed by atoms with E-state index in [9.17, 15) is 8.42 Å². The SMILES string of the molecule is O=S(=O)(c1ccc(NCCc2cccc(Cl)c2)nc1)N1CCCC1. The van der Waals surface area contributed by atoms with Gasteiger partial charge in [0.25, 0.3) is 0 Å². The van der Waals surface area contributed by atoms with Crippen molar-refractivity contribution < 1.29 is 8.42 Å². The van der Waals surface area contributed by atoms with Crippen LogP contribution in [0.15, 0.2) is 47.5 Å². The van der Waals surface area contributed by atoms with Gasteiger partial charge in [0.1, 0.15) is 10.7 Å². The zero-order chi connectivity index (χ0) is 17.0. The molecule has 0 spiro atoms. The first kappa shape index (κ1) is 17.2. The first-order valence-corrected chi connectivity index (χ1v) is 9.82. The number of aromatic nitrogens is 1. The number of halogens is 1. The molecule has 0 atom stereocenters. The standard InChI is InChI=1S/C17H20ClN3O2S/c18-15-5-3-4-14(12-15)8-9-19-17-7-6-16(13-20-17)24(22,23)21-10-1-2-11-21/h3-7,12-13H,1-2,8-11H2,(H,19,20). The fourth-order valence-electron chi connectivity index (χ4n) is 2.74. The lowest BCUT2D eigenvalue weighted by Crippen LogP contribution is -2.27. The fraction of sp³-hybridized carbons (Fsp3) is 0.353. The Morgan fingerprint density at radius 1 is 1.17 bits per heavy atom. The highest BCUT2D eigenvalue weighted by Gasteiger charge is 2.27. The fourth-order valence-corrected chi connectivity index (χ4v) is 4.42. The maximum Gasteiger partial charge on any atom is 0.244 e. The van der Waals surface area contributed by atoms with Crippen molar-refractivity contribution in [3.8, 4) is 0 Å². The summed E-state index contributed by atoms with van der Waals surface area (Å²) in [6.07, 6.45) is 4.09. The minimum absolute atomic E-state index is 0.254. The number of benzene rings is 1. The quantitative estimate of drug-likeness (QED) is 0.854. The Labute approximate surface area is 147 Å². The summed E-state index contributed by atoms with van der Waals surface area (Å²) in [6, 6.07) is 11.0. The van der Waals surface area contributed by atoms with Gasteiger partial charge in [-0.1, -0.05) is 23.7 Å². The van der Waals surface area contributed by atoms with Crippen LogP contribution < -0.4 is 5.32 Å². The average Bonchev–Trinajstić information content (AvgIpc) is 3.11. The number of pyridine rings is 1. The lowest BCUT2D eigenvalue weighted by Gasteiger charge is -2.15. The van der Waals surface area contributed by atoms with Gasteiger partial charge < -0.3 is 5.32 Å². The minimum atomic E-state index is -3.40. The smallest absolute Gasteiger partial charge is 0.244 e. The highest BCUT2D eigenvalue weighted by Crippen LogP contribution is 2.21. The molecule has 0 saturated carbocycles. The maximum atomic E-state index is 12.4. The normalized spacial score (nSPS) is 15.5. The molecule has 0 aliphatic carbocycles. The molecular formula is C17H20ClN3O2S. The van der Waals surface area contributed by atoms with Crippen molar-refractivity contribution in [1.29, 1.82) is 0 Å². The van der Waals surface area contributed by atoms with Crippen LogP contribution in [0.3, 0.4) is 0 Å². The molecule has 2 heterocycles. The number of sulfonamides is 1. The van der Waals surface area contributed by atoms with Gasteiger partial charge in [0.15, 0.2) is 0 Å². The molecule has 1 aromatic carbocycles. The second kappa shape index (κ2) is 7.51. The Morgan fingerprint density at radius 3 is 2.62 bits per heavy atom. The van der Waals surface area contributed by atoms with Crippen LogP contribution in [-0.4, -0.2) is 37.3 Å². The van der Waals surface area contributed by atoms with Crippen molar-refractivity contribution >= 4 is 27.4 Å². The van der Waals surface area contributed by atoms with E-state index in [4.69, 9.17) is 11.6 Å². The van der Waals surface area contributed by atoms with E-state index >= 15 is 0 Å². The summed E-state index contributed by atoms with van der Waals surface area (Å²) in [5, 5.41) is 3.92. The van der Waals surface area contributed by atoms with Crippen LogP contribution in [0.5, 0.6) is 0 Å². The lowest BCUT2D eigenvalue weighted by molar-refractivity contribution is 0.477. The Balaban J connectivity index is 1.58. The van der Waals surface area contributed by atoms with E-state index in [0.29, 0.717) is 25.5 Å². The number of nitrogens with zero attached hydrogens (tertiary/aromatic N) is 2. The van der Waals surface area contributed by atoms with Crippen LogP contribution in [0.4, 0.5) is 5.82 Å². The number of anilines is 1. The van der Waals surface area contributed by atoms with E-state index in [1.54, 1.807) is 12.1 Å². The van der Waals surface area contributed by atoms with Gasteiger partial charge in [0, 0.05) is 30.9 Å². The summed E-state index contributed by atoms with van der Waals surface area (Å²) in [6.45, 7) is 1.90. The topological polar surface area (TPSA) is 62.3 Å². The third-order valence-corrected chi connectivity index (χ3v) is 6.17. The van der Waals surface area contributed by atoms with Crippen LogP contribution >= 0.6 is 11.6 Å². The summed E-state index contributed by atoms with van der Waals surface area (Å²) in [4.78, 5) is 4.48. The summed E-state index contributed by atoms with van der Waals surface area (Å²) in [7, 11) is -3.40. The van der Waals surface area contributed by atoms with Crippen LogP contribution in [0.25, 0.3) is 0 Å². The molecule has 24 heavy (non-hydrogen) atoms. The van der Waals surface area contributed by atoms with E-state index in [-0.39, 0.29) is 4.90 Å². The Hall–Kier alpha value is -1.63. The maximum absolute atomic E-state index is 12.4. The number of hydrogen-bond donors (Lipinski definition) is 1. The van der Waals surface area contributed by atoms with Crippen molar-refractivity contribution in [2.24, 2.45) is 0 Å². The minimum Gasteiger partial charge on any atom is -0.370 e. The third kappa shape index (κ3) is 4.06. The summed E-state index contributed by atoms with van der Waals surface area (Å²) in [5.74, 6) is 0.664. The highest BCUT2D eigenvalue weighted by atomic mass is 35.5. The first-order chi connectivity index (χ1) is 11.6. The molecule has 1 aliphatic rings. The molecule has 3 rings (SSSR count). The molecule has 1 aromatic heterocycles.